The van der Waals surface area contributed by atoms with Gasteiger partial charge in [-0.15, -0.1) is 0 Å². The molecule has 0 saturated carbocycles. The Morgan fingerprint density at radius 3 is 2.42 bits per heavy atom. The minimum atomic E-state index is -2.85. The highest BCUT2D eigenvalue weighted by atomic mass is 32.2. The van der Waals surface area contributed by atoms with Crippen molar-refractivity contribution in [3.05, 3.63) is 35.4 Å². The van der Waals surface area contributed by atoms with E-state index in [2.05, 4.69) is 11.0 Å². The van der Waals surface area contributed by atoms with Crippen LogP contribution in [0.2, 0.25) is 0 Å². The molecule has 1 aromatic carbocycles. The van der Waals surface area contributed by atoms with Crippen molar-refractivity contribution < 1.29 is 8.42 Å². The minimum absolute atomic E-state index is 0.229. The van der Waals surface area contributed by atoms with Crippen LogP contribution in [-0.2, 0) is 22.9 Å². The molecule has 0 aliphatic carbocycles. The standard InChI is InChI=1S/C14H24N2O2S/c1-3-19(17,18)10-6-9-16(2)12-14-8-5-4-7-13(14)11-15/h4-5,7-8H,3,6,9-12,15H2,1-2H3. The zero-order valence-electron chi connectivity index (χ0n) is 11.8. The maximum Gasteiger partial charge on any atom is 0.150 e. The Hall–Kier alpha value is -0.910. The van der Waals surface area contributed by atoms with Gasteiger partial charge in [0.25, 0.3) is 0 Å². The van der Waals surface area contributed by atoms with Crippen molar-refractivity contribution in [1.29, 1.82) is 0 Å². The number of nitrogens with two attached hydrogens (primary N) is 1. The fourth-order valence-corrected chi connectivity index (χ4v) is 2.84. The molecule has 108 valence electrons. The van der Waals surface area contributed by atoms with Gasteiger partial charge in [-0.3, -0.25) is 0 Å². The van der Waals surface area contributed by atoms with Gasteiger partial charge in [0, 0.05) is 18.8 Å². The van der Waals surface area contributed by atoms with E-state index in [9.17, 15) is 8.42 Å². The van der Waals surface area contributed by atoms with Crippen LogP contribution in [0.1, 0.15) is 24.5 Å². The highest BCUT2D eigenvalue weighted by molar-refractivity contribution is 7.91. The Kier molecular flexibility index (Phi) is 6.48. The molecule has 5 heteroatoms. The van der Waals surface area contributed by atoms with Gasteiger partial charge < -0.3 is 10.6 Å². The first-order valence-electron chi connectivity index (χ1n) is 6.64. The summed E-state index contributed by atoms with van der Waals surface area (Å²) >= 11 is 0. The summed E-state index contributed by atoms with van der Waals surface area (Å²) in [5.41, 5.74) is 8.07. The van der Waals surface area contributed by atoms with Crippen LogP contribution in [0.5, 0.6) is 0 Å². The van der Waals surface area contributed by atoms with E-state index in [-0.39, 0.29) is 11.5 Å². The molecule has 0 amide bonds. The third-order valence-electron chi connectivity index (χ3n) is 3.21. The summed E-state index contributed by atoms with van der Waals surface area (Å²) in [6.45, 7) is 3.81. The first-order valence-corrected chi connectivity index (χ1v) is 8.46. The minimum Gasteiger partial charge on any atom is -0.326 e. The second-order valence-corrected chi connectivity index (χ2v) is 7.27. The van der Waals surface area contributed by atoms with Gasteiger partial charge in [-0.05, 0) is 31.1 Å². The lowest BCUT2D eigenvalue weighted by Gasteiger charge is -2.18. The van der Waals surface area contributed by atoms with Crippen LogP contribution in [0.3, 0.4) is 0 Å². The maximum absolute atomic E-state index is 11.4. The van der Waals surface area contributed by atoms with Gasteiger partial charge in [-0.2, -0.15) is 0 Å². The molecule has 0 aromatic heterocycles. The van der Waals surface area contributed by atoms with Gasteiger partial charge in [-0.1, -0.05) is 31.2 Å². The molecule has 19 heavy (non-hydrogen) atoms. The molecule has 0 heterocycles. The molecule has 0 spiro atoms. The third-order valence-corrected chi connectivity index (χ3v) is 5.00. The molecular formula is C14H24N2O2S. The van der Waals surface area contributed by atoms with Crippen LogP contribution in [0, 0.1) is 0 Å². The highest BCUT2D eigenvalue weighted by Gasteiger charge is 2.09. The summed E-state index contributed by atoms with van der Waals surface area (Å²) in [7, 11) is -0.842. The zero-order chi connectivity index (χ0) is 14.3. The summed E-state index contributed by atoms with van der Waals surface area (Å²) in [6, 6.07) is 8.09. The molecule has 0 aliphatic rings. The molecule has 1 aromatic rings. The molecule has 1 rings (SSSR count). The molecule has 2 N–H and O–H groups in total. The smallest absolute Gasteiger partial charge is 0.150 e. The first kappa shape index (κ1) is 16.1. The van der Waals surface area contributed by atoms with Crippen LogP contribution in [0.25, 0.3) is 0 Å². The van der Waals surface area contributed by atoms with Crippen molar-refractivity contribution in [3.8, 4) is 0 Å². The molecule has 0 aliphatic heterocycles. The molecule has 0 fully saturated rings. The van der Waals surface area contributed by atoms with Gasteiger partial charge in [0.2, 0.25) is 0 Å². The van der Waals surface area contributed by atoms with E-state index in [1.807, 2.05) is 25.2 Å². The Labute approximate surface area is 116 Å². The fraction of sp³-hybridized carbons (Fsp3) is 0.571. The molecule has 0 unspecified atom stereocenters. The third kappa shape index (κ3) is 5.72. The van der Waals surface area contributed by atoms with Crippen LogP contribution >= 0.6 is 0 Å². The number of hydrogen-bond acceptors (Lipinski definition) is 4. The zero-order valence-corrected chi connectivity index (χ0v) is 12.6. The molecule has 0 radical (unpaired) electrons. The predicted molar refractivity (Wildman–Crippen MR) is 79.6 cm³/mol. The van der Waals surface area contributed by atoms with Gasteiger partial charge in [0.15, 0.2) is 0 Å². The summed E-state index contributed by atoms with van der Waals surface area (Å²) < 4.78 is 22.8. The summed E-state index contributed by atoms with van der Waals surface area (Å²) in [4.78, 5) is 2.14. The average molecular weight is 284 g/mol. The second-order valence-electron chi connectivity index (χ2n) is 4.80. The van der Waals surface area contributed by atoms with E-state index in [1.54, 1.807) is 6.92 Å². The quantitative estimate of drug-likeness (QED) is 0.784. The van der Waals surface area contributed by atoms with E-state index in [4.69, 9.17) is 5.73 Å². The van der Waals surface area contributed by atoms with Crippen molar-refractivity contribution in [2.75, 3.05) is 25.1 Å². The van der Waals surface area contributed by atoms with E-state index in [0.29, 0.717) is 13.0 Å². The van der Waals surface area contributed by atoms with Crippen LogP contribution < -0.4 is 5.73 Å². The van der Waals surface area contributed by atoms with E-state index < -0.39 is 9.84 Å². The number of nitrogens with zero attached hydrogens (tertiary/aromatic N) is 1. The molecular weight excluding hydrogens is 260 g/mol. The summed E-state index contributed by atoms with van der Waals surface area (Å²) in [6.07, 6.45) is 0.678. The van der Waals surface area contributed by atoms with Gasteiger partial charge in [-0.25, -0.2) is 8.42 Å². The Morgan fingerprint density at radius 1 is 1.21 bits per heavy atom. The molecule has 4 nitrogen and oxygen atoms in total. The first-order chi connectivity index (χ1) is 8.98. The number of rotatable bonds is 8. The Bertz CT molecular complexity index is 486. The summed E-state index contributed by atoms with van der Waals surface area (Å²) in [5.74, 6) is 0.499. The van der Waals surface area contributed by atoms with Gasteiger partial charge in [0.1, 0.15) is 9.84 Å². The average Bonchev–Trinajstić information content (AvgIpc) is 2.39. The van der Waals surface area contributed by atoms with Crippen LogP contribution in [-0.4, -0.2) is 38.4 Å². The Balaban J connectivity index is 2.45. The molecule has 0 bridgehead atoms. The number of benzene rings is 1. The van der Waals surface area contributed by atoms with Gasteiger partial charge >= 0.3 is 0 Å². The predicted octanol–water partition coefficient (Wildman–Crippen LogP) is 1.40. The maximum atomic E-state index is 11.4. The second kappa shape index (κ2) is 7.62. The largest absolute Gasteiger partial charge is 0.326 e. The van der Waals surface area contributed by atoms with Crippen molar-refractivity contribution >= 4 is 9.84 Å². The van der Waals surface area contributed by atoms with Crippen molar-refractivity contribution in [3.63, 3.8) is 0 Å². The normalized spacial score (nSPS) is 12.0. The van der Waals surface area contributed by atoms with Crippen molar-refractivity contribution in [2.45, 2.75) is 26.4 Å². The number of sulfone groups is 1. The van der Waals surface area contributed by atoms with Crippen LogP contribution in [0.15, 0.2) is 24.3 Å². The monoisotopic (exact) mass is 284 g/mol. The molecule has 0 atom stereocenters. The lowest BCUT2D eigenvalue weighted by atomic mass is 10.1. The number of hydrogen-bond donors (Lipinski definition) is 1. The van der Waals surface area contributed by atoms with Crippen molar-refractivity contribution in [2.24, 2.45) is 5.73 Å². The highest BCUT2D eigenvalue weighted by Crippen LogP contribution is 2.10. The van der Waals surface area contributed by atoms with Gasteiger partial charge in [0.05, 0.1) is 5.75 Å². The lowest BCUT2D eigenvalue weighted by molar-refractivity contribution is 0.327. The Morgan fingerprint density at radius 2 is 1.84 bits per heavy atom. The topological polar surface area (TPSA) is 63.4 Å². The van der Waals surface area contributed by atoms with E-state index in [0.717, 1.165) is 18.7 Å². The SMILES string of the molecule is CCS(=O)(=O)CCCN(C)Cc1ccccc1CN. The van der Waals surface area contributed by atoms with Crippen molar-refractivity contribution in [1.82, 2.24) is 4.90 Å². The van der Waals surface area contributed by atoms with E-state index in [1.165, 1.54) is 5.56 Å². The van der Waals surface area contributed by atoms with Crippen LogP contribution in [0.4, 0.5) is 0 Å². The van der Waals surface area contributed by atoms with E-state index >= 15 is 0 Å². The fourth-order valence-electron chi connectivity index (χ4n) is 1.98. The lowest BCUT2D eigenvalue weighted by Crippen LogP contribution is -2.22. The molecule has 0 saturated heterocycles. The summed E-state index contributed by atoms with van der Waals surface area (Å²) in [5, 5.41) is 0.